The summed E-state index contributed by atoms with van der Waals surface area (Å²) in [5, 5.41) is 0. The highest BCUT2D eigenvalue weighted by molar-refractivity contribution is 5.89. The van der Waals surface area contributed by atoms with Crippen LogP contribution in [0.2, 0.25) is 0 Å². The van der Waals surface area contributed by atoms with Gasteiger partial charge in [-0.15, -0.1) is 0 Å². The zero-order chi connectivity index (χ0) is 16.9. The summed E-state index contributed by atoms with van der Waals surface area (Å²) in [6.07, 6.45) is 4.71. The molecule has 129 valence electrons. The van der Waals surface area contributed by atoms with Gasteiger partial charge in [-0.05, 0) is 36.6 Å². The second-order valence-electron chi connectivity index (χ2n) is 5.32. The van der Waals surface area contributed by atoms with Crippen molar-refractivity contribution >= 4 is 5.97 Å². The summed E-state index contributed by atoms with van der Waals surface area (Å²) in [4.78, 5) is 21.2. The third-order valence-electron chi connectivity index (χ3n) is 3.60. The Balaban J connectivity index is 2.12. The number of rotatable bonds is 12. The van der Waals surface area contributed by atoms with E-state index in [9.17, 15) is 4.79 Å². The fourth-order valence-corrected chi connectivity index (χ4v) is 2.06. The molecule has 1 aromatic carbocycles. The molecule has 1 rings (SSSR count). The molecule has 0 saturated carbocycles. The van der Waals surface area contributed by atoms with Crippen LogP contribution < -0.4 is 4.74 Å². The highest BCUT2D eigenvalue weighted by atomic mass is 17.2. The van der Waals surface area contributed by atoms with E-state index in [-0.39, 0.29) is 0 Å². The minimum absolute atomic E-state index is 0.290. The van der Waals surface area contributed by atoms with E-state index in [0.717, 1.165) is 6.42 Å². The second kappa shape index (κ2) is 11.9. The van der Waals surface area contributed by atoms with E-state index in [2.05, 4.69) is 18.7 Å². The summed E-state index contributed by atoms with van der Waals surface area (Å²) >= 11 is 0. The van der Waals surface area contributed by atoms with Crippen molar-refractivity contribution in [2.45, 2.75) is 39.5 Å². The van der Waals surface area contributed by atoms with Crippen LogP contribution in [-0.4, -0.2) is 26.3 Å². The SMILES string of the molecule is CCCCC(CC)COC[CH]OOC(=O)c1ccc(OC)cc1. The van der Waals surface area contributed by atoms with Crippen LogP contribution in [0.5, 0.6) is 5.75 Å². The third-order valence-corrected chi connectivity index (χ3v) is 3.60. The van der Waals surface area contributed by atoms with E-state index >= 15 is 0 Å². The highest BCUT2D eigenvalue weighted by Gasteiger charge is 2.09. The van der Waals surface area contributed by atoms with Crippen LogP contribution >= 0.6 is 0 Å². The fraction of sp³-hybridized carbons (Fsp3) is 0.556. The van der Waals surface area contributed by atoms with Gasteiger partial charge in [0, 0.05) is 6.61 Å². The normalized spacial score (nSPS) is 12.0. The molecule has 1 atom stereocenters. The molecule has 0 fully saturated rings. The van der Waals surface area contributed by atoms with Crippen molar-refractivity contribution in [2.24, 2.45) is 5.92 Å². The molecule has 0 amide bonds. The van der Waals surface area contributed by atoms with E-state index in [4.69, 9.17) is 14.4 Å². The molecular weight excluding hydrogens is 296 g/mol. The molecule has 0 saturated heterocycles. The van der Waals surface area contributed by atoms with Crippen molar-refractivity contribution in [1.29, 1.82) is 0 Å². The van der Waals surface area contributed by atoms with Crippen LogP contribution in [0, 0.1) is 12.5 Å². The monoisotopic (exact) mass is 323 g/mol. The Morgan fingerprint density at radius 3 is 2.57 bits per heavy atom. The molecule has 0 aromatic heterocycles. The number of carbonyl (C=O) groups is 1. The highest BCUT2D eigenvalue weighted by Crippen LogP contribution is 2.13. The quantitative estimate of drug-likeness (QED) is 0.328. The first kappa shape index (κ1) is 19.5. The van der Waals surface area contributed by atoms with Crippen molar-refractivity contribution < 1.29 is 24.0 Å². The molecule has 0 heterocycles. The molecular formula is C18H27O5. The van der Waals surface area contributed by atoms with Crippen molar-refractivity contribution in [1.82, 2.24) is 0 Å². The van der Waals surface area contributed by atoms with Gasteiger partial charge in [0.2, 0.25) is 0 Å². The van der Waals surface area contributed by atoms with Crippen molar-refractivity contribution in [3.8, 4) is 5.75 Å². The molecule has 23 heavy (non-hydrogen) atoms. The molecule has 1 unspecified atom stereocenters. The van der Waals surface area contributed by atoms with Crippen molar-refractivity contribution in [2.75, 3.05) is 20.3 Å². The number of unbranched alkanes of at least 4 members (excludes halogenated alkanes) is 1. The van der Waals surface area contributed by atoms with Gasteiger partial charge in [-0.25, -0.2) is 4.79 Å². The molecule has 0 N–H and O–H groups in total. The predicted molar refractivity (Wildman–Crippen MR) is 87.9 cm³/mol. The van der Waals surface area contributed by atoms with Gasteiger partial charge in [-0.3, -0.25) is 4.89 Å². The van der Waals surface area contributed by atoms with E-state index in [1.807, 2.05) is 0 Å². The number of ether oxygens (including phenoxy) is 2. The first-order valence-electron chi connectivity index (χ1n) is 8.12. The van der Waals surface area contributed by atoms with Gasteiger partial charge in [-0.2, -0.15) is 4.89 Å². The lowest BCUT2D eigenvalue weighted by atomic mass is 10.0. The second-order valence-corrected chi connectivity index (χ2v) is 5.32. The number of carbonyl (C=O) groups excluding carboxylic acids is 1. The molecule has 0 aliphatic carbocycles. The van der Waals surface area contributed by atoms with Crippen LogP contribution in [0.25, 0.3) is 0 Å². The van der Waals surface area contributed by atoms with Crippen LogP contribution in [0.3, 0.4) is 0 Å². The lowest BCUT2D eigenvalue weighted by Crippen LogP contribution is -2.11. The maximum absolute atomic E-state index is 11.7. The van der Waals surface area contributed by atoms with Crippen LogP contribution in [-0.2, 0) is 14.5 Å². The molecule has 5 nitrogen and oxygen atoms in total. The van der Waals surface area contributed by atoms with Crippen LogP contribution in [0.15, 0.2) is 24.3 Å². The smallest absolute Gasteiger partial charge is 0.373 e. The topological polar surface area (TPSA) is 54.0 Å². The molecule has 5 heteroatoms. The van der Waals surface area contributed by atoms with E-state index in [1.165, 1.54) is 25.9 Å². The lowest BCUT2D eigenvalue weighted by Gasteiger charge is -2.14. The Hall–Kier alpha value is -1.59. The third kappa shape index (κ3) is 8.00. The summed E-state index contributed by atoms with van der Waals surface area (Å²) in [5.41, 5.74) is 0.394. The van der Waals surface area contributed by atoms with E-state index < -0.39 is 5.97 Å². The standard InChI is InChI=1S/C18H27O5/c1-4-6-7-15(5-2)14-21-12-13-22-23-18(19)16-8-10-17(20-3)11-9-16/h8-11,13,15H,4-7,12,14H2,1-3H3. The van der Waals surface area contributed by atoms with Gasteiger partial charge in [0.05, 0.1) is 19.3 Å². The number of hydrogen-bond acceptors (Lipinski definition) is 5. The Labute approximate surface area is 138 Å². The summed E-state index contributed by atoms with van der Waals surface area (Å²) in [6, 6.07) is 6.59. The zero-order valence-corrected chi connectivity index (χ0v) is 14.2. The summed E-state index contributed by atoms with van der Waals surface area (Å²) in [6.45, 7) is 6.68. The Bertz CT molecular complexity index is 430. The fourth-order valence-electron chi connectivity index (χ4n) is 2.06. The molecule has 1 radical (unpaired) electrons. The van der Waals surface area contributed by atoms with Gasteiger partial charge in [0.15, 0.2) is 6.61 Å². The van der Waals surface area contributed by atoms with Gasteiger partial charge in [-0.1, -0.05) is 33.1 Å². The molecule has 0 aliphatic rings. The Morgan fingerprint density at radius 2 is 1.96 bits per heavy atom. The maximum atomic E-state index is 11.7. The lowest BCUT2D eigenvalue weighted by molar-refractivity contribution is -0.218. The summed E-state index contributed by atoms with van der Waals surface area (Å²) in [7, 11) is 1.57. The maximum Gasteiger partial charge on any atom is 0.373 e. The van der Waals surface area contributed by atoms with Crippen molar-refractivity contribution in [3.05, 3.63) is 36.4 Å². The first-order valence-corrected chi connectivity index (χ1v) is 8.12. The van der Waals surface area contributed by atoms with Crippen molar-refractivity contribution in [3.63, 3.8) is 0 Å². The molecule has 1 aromatic rings. The van der Waals surface area contributed by atoms with Gasteiger partial charge < -0.3 is 9.47 Å². The zero-order valence-electron chi connectivity index (χ0n) is 14.2. The summed E-state index contributed by atoms with van der Waals surface area (Å²) in [5.74, 6) is 0.694. The average molecular weight is 323 g/mol. The Kier molecular flexibility index (Phi) is 10.1. The van der Waals surface area contributed by atoms with E-state index in [0.29, 0.717) is 30.4 Å². The predicted octanol–water partition coefficient (Wildman–Crippen LogP) is 4.18. The van der Waals surface area contributed by atoms with E-state index in [1.54, 1.807) is 31.4 Å². The Morgan fingerprint density at radius 1 is 1.22 bits per heavy atom. The minimum atomic E-state index is -0.557. The first-order chi connectivity index (χ1) is 11.2. The minimum Gasteiger partial charge on any atom is -0.497 e. The molecule has 0 spiro atoms. The van der Waals surface area contributed by atoms with Gasteiger partial charge >= 0.3 is 5.97 Å². The van der Waals surface area contributed by atoms with Crippen LogP contribution in [0.1, 0.15) is 49.9 Å². The molecule has 0 aliphatic heterocycles. The van der Waals surface area contributed by atoms with Gasteiger partial charge in [0.1, 0.15) is 5.75 Å². The summed E-state index contributed by atoms with van der Waals surface area (Å²) < 4.78 is 10.5. The van der Waals surface area contributed by atoms with Crippen LogP contribution in [0.4, 0.5) is 0 Å². The molecule has 0 bridgehead atoms. The average Bonchev–Trinajstić information content (AvgIpc) is 2.60. The number of hydrogen-bond donors (Lipinski definition) is 0. The largest absolute Gasteiger partial charge is 0.497 e. The van der Waals surface area contributed by atoms with Gasteiger partial charge in [0.25, 0.3) is 0 Å². The number of methoxy groups -OCH3 is 1. The number of benzene rings is 1.